The van der Waals surface area contributed by atoms with Crippen molar-refractivity contribution in [1.82, 2.24) is 15.5 Å². The second-order valence-electron chi connectivity index (χ2n) is 8.52. The van der Waals surface area contributed by atoms with Gasteiger partial charge in [0.05, 0.1) is 24.8 Å². The standard InChI is InChI=1S/C24H28N4O4/c1-15-13-31-16(2)12-28(15)19-9-17-8-18(10-19)23-21-11-20(4-5-22(21)26-27-23)30-7-3-6-25-24(29)32-14-17/h4-5,8-11,15-16H,3,6-7,12-14H2,1-2H3,(H,25,29)(H,26,27)/t15-,16-/m0/s1. The molecule has 2 aliphatic rings. The van der Waals surface area contributed by atoms with E-state index in [1.807, 2.05) is 24.3 Å². The van der Waals surface area contributed by atoms with Gasteiger partial charge in [0.1, 0.15) is 18.1 Å². The van der Waals surface area contributed by atoms with Crippen LogP contribution in [0.25, 0.3) is 22.2 Å². The van der Waals surface area contributed by atoms with Crippen molar-refractivity contribution in [3.05, 3.63) is 42.0 Å². The van der Waals surface area contributed by atoms with Gasteiger partial charge in [-0.3, -0.25) is 5.10 Å². The van der Waals surface area contributed by atoms with Crippen LogP contribution in [-0.4, -0.2) is 54.7 Å². The topological polar surface area (TPSA) is 88.7 Å². The van der Waals surface area contributed by atoms with Gasteiger partial charge in [0, 0.05) is 35.8 Å². The summed E-state index contributed by atoms with van der Waals surface area (Å²) in [5, 5.41) is 11.5. The summed E-state index contributed by atoms with van der Waals surface area (Å²) < 4.78 is 17.2. The third-order valence-corrected chi connectivity index (χ3v) is 5.95. The highest BCUT2D eigenvalue weighted by Gasteiger charge is 2.25. The van der Waals surface area contributed by atoms with Crippen LogP contribution in [-0.2, 0) is 16.1 Å². The number of H-pyrrole nitrogens is 1. The van der Waals surface area contributed by atoms with Crippen molar-refractivity contribution < 1.29 is 19.0 Å². The zero-order valence-electron chi connectivity index (χ0n) is 18.4. The molecule has 0 unspecified atom stereocenters. The molecule has 168 valence electrons. The Morgan fingerprint density at radius 1 is 1.12 bits per heavy atom. The van der Waals surface area contributed by atoms with Crippen LogP contribution in [0.3, 0.4) is 0 Å². The number of hydrogen-bond acceptors (Lipinski definition) is 6. The number of carbonyl (C=O) groups excluding carboxylic acids is 1. The molecule has 4 bridgehead atoms. The molecule has 0 spiro atoms. The van der Waals surface area contributed by atoms with Crippen molar-refractivity contribution in [2.24, 2.45) is 0 Å². The van der Waals surface area contributed by atoms with Gasteiger partial charge in [0.15, 0.2) is 0 Å². The molecule has 2 N–H and O–H groups in total. The Kier molecular flexibility index (Phi) is 5.61. The number of morpholine rings is 1. The van der Waals surface area contributed by atoms with E-state index in [9.17, 15) is 4.79 Å². The number of alkyl carbamates (subject to hydrolysis) is 1. The average Bonchev–Trinajstić information content (AvgIpc) is 3.21. The lowest BCUT2D eigenvalue weighted by Crippen LogP contribution is -2.47. The Morgan fingerprint density at radius 2 is 2.03 bits per heavy atom. The van der Waals surface area contributed by atoms with E-state index < -0.39 is 6.09 Å². The Labute approximate surface area is 186 Å². The molecule has 1 fully saturated rings. The third-order valence-electron chi connectivity index (χ3n) is 5.95. The summed E-state index contributed by atoms with van der Waals surface area (Å²) in [5.41, 5.74) is 4.74. The summed E-state index contributed by atoms with van der Waals surface area (Å²) >= 11 is 0. The number of aromatic amines is 1. The smallest absolute Gasteiger partial charge is 0.407 e. The van der Waals surface area contributed by atoms with Crippen molar-refractivity contribution >= 4 is 22.7 Å². The lowest BCUT2D eigenvalue weighted by Gasteiger charge is -2.39. The van der Waals surface area contributed by atoms with Crippen LogP contribution in [0, 0.1) is 0 Å². The van der Waals surface area contributed by atoms with Crippen molar-refractivity contribution in [3.63, 3.8) is 0 Å². The number of cyclic esters (lactones) is 1. The summed E-state index contributed by atoms with van der Waals surface area (Å²) in [6.07, 6.45) is 0.409. The van der Waals surface area contributed by atoms with Crippen LogP contribution in [0.4, 0.5) is 10.5 Å². The molecule has 5 rings (SSSR count). The molecule has 1 saturated heterocycles. The second-order valence-corrected chi connectivity index (χ2v) is 8.52. The molecular weight excluding hydrogens is 408 g/mol. The predicted molar refractivity (Wildman–Crippen MR) is 122 cm³/mol. The van der Waals surface area contributed by atoms with Crippen molar-refractivity contribution in [3.8, 4) is 17.0 Å². The van der Waals surface area contributed by atoms with Crippen LogP contribution in [0.2, 0.25) is 0 Å². The van der Waals surface area contributed by atoms with E-state index in [2.05, 4.69) is 46.4 Å². The van der Waals surface area contributed by atoms with Crippen LogP contribution in [0.1, 0.15) is 25.8 Å². The fraction of sp³-hybridized carbons (Fsp3) is 0.417. The van der Waals surface area contributed by atoms with Gasteiger partial charge in [0.25, 0.3) is 0 Å². The molecule has 1 amide bonds. The van der Waals surface area contributed by atoms with E-state index in [1.165, 1.54) is 0 Å². The quantitative estimate of drug-likeness (QED) is 0.602. The van der Waals surface area contributed by atoms with Gasteiger partial charge in [-0.15, -0.1) is 0 Å². The van der Waals surface area contributed by atoms with Gasteiger partial charge in [-0.05, 0) is 62.2 Å². The summed E-state index contributed by atoms with van der Waals surface area (Å²) in [4.78, 5) is 14.5. The van der Waals surface area contributed by atoms with Crippen LogP contribution in [0.5, 0.6) is 5.75 Å². The number of carbonyl (C=O) groups is 1. The molecule has 8 heteroatoms. The Morgan fingerprint density at radius 3 is 2.94 bits per heavy atom. The number of fused-ring (bicyclic) bond motifs is 4. The molecule has 1 aromatic heterocycles. The van der Waals surface area contributed by atoms with E-state index in [4.69, 9.17) is 14.2 Å². The first kappa shape index (κ1) is 20.6. The molecule has 8 nitrogen and oxygen atoms in total. The number of rotatable bonds is 1. The summed E-state index contributed by atoms with van der Waals surface area (Å²) in [6.45, 7) is 6.89. The van der Waals surface area contributed by atoms with Crippen LogP contribution in [0.15, 0.2) is 36.4 Å². The number of nitrogens with zero attached hydrogens (tertiary/aromatic N) is 2. The minimum atomic E-state index is -0.428. The molecule has 2 aromatic carbocycles. The van der Waals surface area contributed by atoms with E-state index in [0.29, 0.717) is 26.2 Å². The Bertz CT molecular complexity index is 1130. The molecule has 2 aliphatic heterocycles. The molecule has 3 heterocycles. The fourth-order valence-electron chi connectivity index (χ4n) is 4.28. The SMILES string of the molecule is C[C@H]1CN(c2cc3cc(c2)-c2n[nH]c4ccc(cc24)OCCCNC(=O)OC3)[C@@H](C)CO1. The van der Waals surface area contributed by atoms with Gasteiger partial charge in [-0.1, -0.05) is 0 Å². The van der Waals surface area contributed by atoms with Crippen molar-refractivity contribution in [2.45, 2.75) is 39.0 Å². The molecule has 32 heavy (non-hydrogen) atoms. The molecule has 2 atom stereocenters. The minimum Gasteiger partial charge on any atom is -0.494 e. The summed E-state index contributed by atoms with van der Waals surface area (Å²) in [5.74, 6) is 0.782. The van der Waals surface area contributed by atoms with Crippen LogP contribution >= 0.6 is 0 Å². The fourth-order valence-corrected chi connectivity index (χ4v) is 4.28. The van der Waals surface area contributed by atoms with Gasteiger partial charge in [-0.2, -0.15) is 5.10 Å². The molecule has 3 aromatic rings. The van der Waals surface area contributed by atoms with Gasteiger partial charge >= 0.3 is 6.09 Å². The summed E-state index contributed by atoms with van der Waals surface area (Å²) in [7, 11) is 0. The average molecular weight is 437 g/mol. The molecule has 0 radical (unpaired) electrons. The lowest BCUT2D eigenvalue weighted by molar-refractivity contribution is 0.0344. The largest absolute Gasteiger partial charge is 0.494 e. The first-order chi connectivity index (χ1) is 15.6. The number of aromatic nitrogens is 2. The maximum atomic E-state index is 12.1. The van der Waals surface area contributed by atoms with Crippen molar-refractivity contribution in [2.75, 3.05) is 31.2 Å². The third kappa shape index (κ3) is 4.23. The Hall–Kier alpha value is -3.26. The maximum Gasteiger partial charge on any atom is 0.407 e. The van der Waals surface area contributed by atoms with E-state index >= 15 is 0 Å². The van der Waals surface area contributed by atoms with Crippen LogP contribution < -0.4 is 15.0 Å². The van der Waals surface area contributed by atoms with Crippen molar-refractivity contribution in [1.29, 1.82) is 0 Å². The maximum absolute atomic E-state index is 12.1. The van der Waals surface area contributed by atoms with Gasteiger partial charge in [-0.25, -0.2) is 4.79 Å². The Balaban J connectivity index is 1.61. The highest BCUT2D eigenvalue weighted by Crippen LogP contribution is 2.34. The van der Waals surface area contributed by atoms with Gasteiger partial charge in [0.2, 0.25) is 0 Å². The highest BCUT2D eigenvalue weighted by molar-refractivity contribution is 5.94. The zero-order valence-corrected chi connectivity index (χ0v) is 18.4. The number of benzene rings is 2. The first-order valence-corrected chi connectivity index (χ1v) is 11.1. The van der Waals surface area contributed by atoms with E-state index in [-0.39, 0.29) is 18.8 Å². The minimum absolute atomic E-state index is 0.146. The normalized spacial score (nSPS) is 21.9. The predicted octanol–water partition coefficient (Wildman–Crippen LogP) is 3.85. The molecule has 0 saturated carbocycles. The number of ether oxygens (including phenoxy) is 3. The molecule has 0 aliphatic carbocycles. The lowest BCUT2D eigenvalue weighted by atomic mass is 10.0. The monoisotopic (exact) mass is 436 g/mol. The number of nitrogens with one attached hydrogen (secondary N) is 2. The molecular formula is C24H28N4O4. The van der Waals surface area contributed by atoms with E-state index in [1.54, 1.807) is 0 Å². The zero-order chi connectivity index (χ0) is 22.1. The highest BCUT2D eigenvalue weighted by atomic mass is 16.5. The number of anilines is 1. The first-order valence-electron chi connectivity index (χ1n) is 11.1. The number of amides is 1. The second kappa shape index (κ2) is 8.70. The number of hydrogen-bond donors (Lipinski definition) is 2. The summed E-state index contributed by atoms with van der Waals surface area (Å²) in [6, 6.07) is 12.5. The van der Waals surface area contributed by atoms with E-state index in [0.717, 1.165) is 45.7 Å². The van der Waals surface area contributed by atoms with Gasteiger partial charge < -0.3 is 24.4 Å².